The summed E-state index contributed by atoms with van der Waals surface area (Å²) in [7, 11) is 0. The zero-order valence-electron chi connectivity index (χ0n) is 39.2. The molecule has 0 aliphatic carbocycles. The fraction of sp³-hybridized carbons (Fsp3) is 0.129. The van der Waals surface area contributed by atoms with Crippen molar-refractivity contribution < 1.29 is 35.1 Å². The molecule has 0 fully saturated rings. The highest BCUT2D eigenvalue weighted by Crippen LogP contribution is 2.51. The molecule has 0 heterocycles. The first kappa shape index (κ1) is 47.5. The smallest absolute Gasteiger partial charge is 0.170 e. The predicted molar refractivity (Wildman–Crippen MR) is 267 cm³/mol. The largest absolute Gasteiger partial charge is 0.203 e. The first-order chi connectivity index (χ1) is 33.4. The summed E-state index contributed by atoms with van der Waals surface area (Å²) >= 11 is 0. The lowest BCUT2D eigenvalue weighted by atomic mass is 9.78. The zero-order valence-corrected chi connectivity index (χ0v) is 39.2. The van der Waals surface area contributed by atoms with Gasteiger partial charge >= 0.3 is 0 Å². The normalized spacial score (nSPS) is 11.9. The monoisotopic (exact) mass is 942 g/mol. The molecule has 9 rings (SSSR count). The molecule has 0 bridgehead atoms. The summed E-state index contributed by atoms with van der Waals surface area (Å²) in [6.45, 7) is 9.37. The molecule has 0 radical (unpaired) electrons. The number of rotatable bonds is 8. The van der Waals surface area contributed by atoms with Gasteiger partial charge in [0.2, 0.25) is 0 Å². The van der Waals surface area contributed by atoms with Crippen molar-refractivity contribution in [2.75, 3.05) is 0 Å². The molecule has 0 amide bonds. The van der Waals surface area contributed by atoms with E-state index in [1.54, 1.807) is 0 Å². The summed E-state index contributed by atoms with van der Waals surface area (Å²) in [5, 5.41) is 0. The van der Waals surface area contributed by atoms with E-state index in [-0.39, 0.29) is 5.56 Å². The van der Waals surface area contributed by atoms with Gasteiger partial charge in [-0.1, -0.05) is 199 Å². The lowest BCUT2D eigenvalue weighted by Crippen LogP contribution is -2.20. The summed E-state index contributed by atoms with van der Waals surface area (Å²) in [4.78, 5) is 0. The average Bonchev–Trinajstić information content (AvgIpc) is 3.36. The van der Waals surface area contributed by atoms with E-state index in [2.05, 4.69) is 54.6 Å². The molecule has 0 unspecified atom stereocenters. The summed E-state index contributed by atoms with van der Waals surface area (Å²) in [6.07, 6.45) is 0. The second-order valence-electron chi connectivity index (χ2n) is 19.4. The molecule has 70 heavy (non-hydrogen) atoms. The van der Waals surface area contributed by atoms with Gasteiger partial charge in [0.1, 0.15) is 0 Å². The van der Waals surface area contributed by atoms with Crippen molar-refractivity contribution in [3.63, 3.8) is 0 Å². The Morgan fingerprint density at radius 1 is 0.243 bits per heavy atom. The van der Waals surface area contributed by atoms with Gasteiger partial charge in [-0.15, -0.1) is 0 Å². The maximum Gasteiger partial charge on any atom is 0.170 e. The predicted octanol–water partition coefficient (Wildman–Crippen LogP) is 18.7. The molecule has 9 aromatic carbocycles. The first-order valence-corrected chi connectivity index (χ1v) is 22.8. The fourth-order valence-electron chi connectivity index (χ4n) is 9.29. The molecule has 0 aliphatic rings. The van der Waals surface area contributed by atoms with Crippen LogP contribution in [0.25, 0.3) is 89.0 Å². The van der Waals surface area contributed by atoms with E-state index in [0.717, 1.165) is 55.6 Å². The van der Waals surface area contributed by atoms with Crippen molar-refractivity contribution in [2.24, 2.45) is 0 Å². The van der Waals surface area contributed by atoms with Crippen molar-refractivity contribution in [3.8, 4) is 89.0 Å². The Hall–Kier alpha value is -7.58. The topological polar surface area (TPSA) is 0 Å². The molecule has 0 aromatic heterocycles. The SMILES string of the molecule is CC(C)(C)c1cc(-c2ccc(-c3cc(-c4ccccc4)c(-c4ccccc4)c(-c4ccccc4)c3-c3ccccc3)cc2)cc(-c2c(F)c(F)c(-c3c(F)c(F)c(C(C)(C)C)c(F)c3F)c(F)c2F)c1. The van der Waals surface area contributed by atoms with Gasteiger partial charge in [-0.05, 0) is 101 Å². The van der Waals surface area contributed by atoms with E-state index in [1.165, 1.54) is 32.9 Å². The van der Waals surface area contributed by atoms with Crippen LogP contribution in [0.1, 0.15) is 52.7 Å². The van der Waals surface area contributed by atoms with Crippen molar-refractivity contribution in [3.05, 3.63) is 228 Å². The minimum Gasteiger partial charge on any atom is -0.203 e. The summed E-state index contributed by atoms with van der Waals surface area (Å²) in [5.41, 5.74) is 3.02. The van der Waals surface area contributed by atoms with Gasteiger partial charge < -0.3 is 0 Å². The third kappa shape index (κ3) is 8.50. The Bertz CT molecular complexity index is 3370. The third-order valence-corrected chi connectivity index (χ3v) is 12.7. The second-order valence-corrected chi connectivity index (χ2v) is 19.4. The molecule has 0 nitrogen and oxygen atoms in total. The number of benzene rings is 9. The van der Waals surface area contributed by atoms with Crippen LogP contribution in [0.3, 0.4) is 0 Å². The van der Waals surface area contributed by atoms with E-state index in [9.17, 15) is 0 Å². The van der Waals surface area contributed by atoms with Gasteiger partial charge in [-0.25, -0.2) is 35.1 Å². The molecule has 0 atom stereocenters. The molecule has 8 heteroatoms. The maximum absolute atomic E-state index is 16.4. The summed E-state index contributed by atoms with van der Waals surface area (Å²) < 4.78 is 127. The van der Waals surface area contributed by atoms with Crippen molar-refractivity contribution in [2.45, 2.75) is 52.4 Å². The molecule has 0 spiro atoms. The zero-order chi connectivity index (χ0) is 49.8. The molecule has 0 saturated heterocycles. The lowest BCUT2D eigenvalue weighted by Gasteiger charge is -2.25. The van der Waals surface area contributed by atoms with Crippen LogP contribution in [-0.4, -0.2) is 0 Å². The van der Waals surface area contributed by atoms with Gasteiger partial charge in [0.05, 0.1) is 16.7 Å². The van der Waals surface area contributed by atoms with Crippen LogP contribution < -0.4 is 0 Å². The lowest BCUT2D eigenvalue weighted by molar-refractivity contribution is 0.404. The van der Waals surface area contributed by atoms with Crippen LogP contribution >= 0.6 is 0 Å². The molecule has 350 valence electrons. The fourth-order valence-corrected chi connectivity index (χ4v) is 9.29. The Labute approximate surface area is 402 Å². The Balaban J connectivity index is 1.24. The van der Waals surface area contributed by atoms with Gasteiger partial charge in [-0.3, -0.25) is 0 Å². The highest BCUT2D eigenvalue weighted by molar-refractivity contribution is 6.07. The van der Waals surface area contributed by atoms with Crippen LogP contribution in [0.15, 0.2) is 170 Å². The van der Waals surface area contributed by atoms with E-state index in [0.29, 0.717) is 16.7 Å². The van der Waals surface area contributed by atoms with Crippen LogP contribution in [0.5, 0.6) is 0 Å². The van der Waals surface area contributed by atoms with Gasteiger partial charge in [0.25, 0.3) is 0 Å². The Morgan fingerprint density at radius 3 is 0.971 bits per heavy atom. The van der Waals surface area contributed by atoms with Crippen LogP contribution in [0, 0.1) is 46.5 Å². The second kappa shape index (κ2) is 18.4. The number of hydrogen-bond acceptors (Lipinski definition) is 0. The molecule has 0 aliphatic heterocycles. The van der Waals surface area contributed by atoms with E-state index in [1.807, 2.05) is 124 Å². The molecule has 0 N–H and O–H groups in total. The van der Waals surface area contributed by atoms with Crippen molar-refractivity contribution >= 4 is 0 Å². The number of hydrogen-bond donors (Lipinski definition) is 0. The van der Waals surface area contributed by atoms with Gasteiger partial charge in [0, 0.05) is 5.56 Å². The van der Waals surface area contributed by atoms with Gasteiger partial charge in [0.15, 0.2) is 46.5 Å². The standard InChI is InChI=1S/C62H46F8/c1-61(2,3)43-32-41(31-42(33-43)49-53(63)55(65)50(56(66)54(49)64)51-57(67)59(69)52(62(4,5)6)60(70)58(51)68)35-27-29-37(30-28-35)45-34-44(36-19-11-7-12-20-36)46(38-21-13-8-14-22-38)48(40-25-17-10-18-26-40)47(45)39-23-15-9-16-24-39/h7-34H,1-6H3. The molecular weight excluding hydrogens is 897 g/mol. The van der Waals surface area contributed by atoms with Crippen molar-refractivity contribution in [1.29, 1.82) is 0 Å². The van der Waals surface area contributed by atoms with Crippen LogP contribution in [-0.2, 0) is 10.8 Å². The molecule has 0 saturated carbocycles. The third-order valence-electron chi connectivity index (χ3n) is 12.7. The average molecular weight is 943 g/mol. The first-order valence-electron chi connectivity index (χ1n) is 22.8. The van der Waals surface area contributed by atoms with Crippen LogP contribution in [0.2, 0.25) is 0 Å². The number of halogens is 8. The minimum atomic E-state index is -2.22. The summed E-state index contributed by atoms with van der Waals surface area (Å²) in [5.74, 6) is -16.7. The van der Waals surface area contributed by atoms with Crippen molar-refractivity contribution in [1.82, 2.24) is 0 Å². The van der Waals surface area contributed by atoms with Crippen LogP contribution in [0.4, 0.5) is 35.1 Å². The van der Waals surface area contributed by atoms with E-state index in [4.69, 9.17) is 0 Å². The Morgan fingerprint density at radius 2 is 0.571 bits per heavy atom. The quantitative estimate of drug-likeness (QED) is 0.105. The van der Waals surface area contributed by atoms with E-state index < -0.39 is 79.6 Å². The highest BCUT2D eigenvalue weighted by atomic mass is 19.2. The molecule has 9 aromatic rings. The highest BCUT2D eigenvalue weighted by Gasteiger charge is 2.37. The molecular formula is C62H46F8. The van der Waals surface area contributed by atoms with Gasteiger partial charge in [-0.2, -0.15) is 0 Å². The van der Waals surface area contributed by atoms with E-state index >= 15 is 35.1 Å². The maximum atomic E-state index is 16.4. The minimum absolute atomic E-state index is 0.282. The summed E-state index contributed by atoms with van der Waals surface area (Å²) in [6, 6.07) is 55.2. The Kier molecular flexibility index (Phi) is 12.5.